The zero-order chi connectivity index (χ0) is 13.7. The second kappa shape index (κ2) is 6.29. The van der Waals surface area contributed by atoms with Crippen molar-refractivity contribution in [2.75, 3.05) is 19.0 Å². The second-order valence-electron chi connectivity index (χ2n) is 4.21. The smallest absolute Gasteiger partial charge is 0.150 e. The summed E-state index contributed by atoms with van der Waals surface area (Å²) in [7, 11) is 1.65. The number of halogens is 1. The van der Waals surface area contributed by atoms with Crippen molar-refractivity contribution >= 4 is 5.69 Å². The Kier molecular flexibility index (Phi) is 4.46. The van der Waals surface area contributed by atoms with Gasteiger partial charge in [0.2, 0.25) is 0 Å². The fourth-order valence-corrected chi connectivity index (χ4v) is 1.81. The third-order valence-electron chi connectivity index (χ3n) is 2.84. The van der Waals surface area contributed by atoms with E-state index in [0.717, 1.165) is 12.1 Å². The molecule has 0 saturated heterocycles. The number of benzene rings is 1. The van der Waals surface area contributed by atoms with E-state index in [2.05, 4.69) is 22.3 Å². The molecule has 2 aromatic rings. The van der Waals surface area contributed by atoms with E-state index in [1.54, 1.807) is 13.2 Å². The van der Waals surface area contributed by atoms with Gasteiger partial charge in [-0.3, -0.25) is 0 Å². The van der Waals surface area contributed by atoms with Crippen molar-refractivity contribution in [1.29, 1.82) is 0 Å². The lowest BCUT2D eigenvalue weighted by Gasteiger charge is -2.17. The Bertz CT molecular complexity index is 515. The molecule has 5 nitrogen and oxygen atoms in total. The van der Waals surface area contributed by atoms with E-state index >= 15 is 0 Å². The summed E-state index contributed by atoms with van der Waals surface area (Å²) in [6.07, 6.45) is 3.74. The number of ether oxygens (including phenoxy) is 1. The van der Waals surface area contributed by atoms with Crippen LogP contribution in [-0.4, -0.2) is 34.5 Å². The van der Waals surface area contributed by atoms with E-state index in [0.29, 0.717) is 12.3 Å². The van der Waals surface area contributed by atoms with Gasteiger partial charge in [0.05, 0.1) is 6.61 Å². The van der Waals surface area contributed by atoms with E-state index in [1.165, 1.54) is 23.4 Å². The van der Waals surface area contributed by atoms with Crippen molar-refractivity contribution in [1.82, 2.24) is 14.8 Å². The number of hydrogen-bond donors (Lipinski definition) is 1. The zero-order valence-electron chi connectivity index (χ0n) is 11.0. The summed E-state index contributed by atoms with van der Waals surface area (Å²) >= 11 is 0. The molecule has 0 fully saturated rings. The minimum absolute atomic E-state index is 0.168. The third kappa shape index (κ3) is 3.29. The molecular weight excluding hydrogens is 247 g/mol. The van der Waals surface area contributed by atoms with Crippen LogP contribution in [-0.2, 0) is 4.74 Å². The minimum Gasteiger partial charge on any atom is -0.383 e. The first-order valence-electron chi connectivity index (χ1n) is 6.14. The quantitative estimate of drug-likeness (QED) is 0.869. The van der Waals surface area contributed by atoms with E-state index < -0.39 is 0 Å². The molecule has 2 rings (SSSR count). The Morgan fingerprint density at radius 1 is 1.47 bits per heavy atom. The summed E-state index contributed by atoms with van der Waals surface area (Å²) in [6.45, 7) is 2.64. The summed E-state index contributed by atoms with van der Waals surface area (Å²) < 4.78 is 20.5. The molecule has 0 aliphatic carbocycles. The highest BCUT2D eigenvalue weighted by Crippen LogP contribution is 2.18. The van der Waals surface area contributed by atoms with E-state index in [-0.39, 0.29) is 11.9 Å². The molecule has 1 unspecified atom stereocenters. The van der Waals surface area contributed by atoms with Crippen molar-refractivity contribution < 1.29 is 9.13 Å². The average molecular weight is 264 g/mol. The molecular formula is C13H17FN4O. The minimum atomic E-state index is -0.345. The molecule has 1 aromatic carbocycles. The largest absolute Gasteiger partial charge is 0.383 e. The van der Waals surface area contributed by atoms with Crippen molar-refractivity contribution in [2.24, 2.45) is 0 Å². The maximum Gasteiger partial charge on any atom is 0.150 e. The van der Waals surface area contributed by atoms with Gasteiger partial charge in [0.15, 0.2) is 5.82 Å². The number of rotatable bonds is 6. The van der Waals surface area contributed by atoms with Gasteiger partial charge in [0.1, 0.15) is 18.3 Å². The van der Waals surface area contributed by atoms with E-state index in [4.69, 9.17) is 4.74 Å². The molecule has 0 saturated carbocycles. The highest BCUT2D eigenvalue weighted by molar-refractivity contribution is 5.50. The lowest BCUT2D eigenvalue weighted by Crippen LogP contribution is -2.23. The third-order valence-corrected chi connectivity index (χ3v) is 2.84. The normalized spacial score (nSPS) is 12.4. The Balaban J connectivity index is 2.15. The number of methoxy groups -OCH3 is 1. The van der Waals surface area contributed by atoms with Crippen LogP contribution < -0.4 is 5.32 Å². The van der Waals surface area contributed by atoms with Gasteiger partial charge < -0.3 is 10.1 Å². The number of nitrogens with one attached hydrogen (secondary N) is 1. The zero-order valence-corrected chi connectivity index (χ0v) is 11.0. The van der Waals surface area contributed by atoms with Crippen molar-refractivity contribution in [3.05, 3.63) is 36.7 Å². The Labute approximate surface area is 111 Å². The summed E-state index contributed by atoms with van der Waals surface area (Å²) in [5.74, 6) is -0.345. The van der Waals surface area contributed by atoms with Gasteiger partial charge in [0.25, 0.3) is 0 Å². The fraction of sp³-hybridized carbons (Fsp3) is 0.385. The molecule has 0 amide bonds. The lowest BCUT2D eigenvalue weighted by atomic mass is 10.2. The first kappa shape index (κ1) is 13.5. The molecule has 102 valence electrons. The fourth-order valence-electron chi connectivity index (χ4n) is 1.81. The van der Waals surface area contributed by atoms with Crippen LogP contribution in [0, 0.1) is 5.82 Å². The molecule has 0 aliphatic rings. The van der Waals surface area contributed by atoms with Crippen LogP contribution in [0.5, 0.6) is 0 Å². The first-order valence-corrected chi connectivity index (χ1v) is 6.14. The maximum atomic E-state index is 14.0. The molecule has 1 heterocycles. The monoisotopic (exact) mass is 264 g/mol. The van der Waals surface area contributed by atoms with E-state index in [1.807, 2.05) is 6.07 Å². The number of aromatic nitrogens is 3. The molecule has 1 atom stereocenters. The van der Waals surface area contributed by atoms with Crippen LogP contribution in [0.3, 0.4) is 0 Å². The number of hydrogen-bond acceptors (Lipinski definition) is 4. The van der Waals surface area contributed by atoms with Gasteiger partial charge in [-0.15, -0.1) is 0 Å². The predicted molar refractivity (Wildman–Crippen MR) is 70.9 cm³/mol. The predicted octanol–water partition coefficient (Wildman–Crippen LogP) is 2.24. The topological polar surface area (TPSA) is 52.0 Å². The number of anilines is 1. The van der Waals surface area contributed by atoms with Gasteiger partial charge in [-0.1, -0.05) is 6.92 Å². The SMILES string of the molecule is CCC(COC)Nc1ccc(-n2cncn2)c(F)c1. The Morgan fingerprint density at radius 3 is 2.89 bits per heavy atom. The van der Waals surface area contributed by atoms with E-state index in [9.17, 15) is 4.39 Å². The van der Waals surface area contributed by atoms with Gasteiger partial charge in [0, 0.05) is 18.8 Å². The second-order valence-corrected chi connectivity index (χ2v) is 4.21. The van der Waals surface area contributed by atoms with Crippen LogP contribution in [0.2, 0.25) is 0 Å². The highest BCUT2D eigenvalue weighted by atomic mass is 19.1. The molecule has 1 N–H and O–H groups in total. The highest BCUT2D eigenvalue weighted by Gasteiger charge is 2.09. The molecule has 0 spiro atoms. The van der Waals surface area contributed by atoms with Gasteiger partial charge in [-0.2, -0.15) is 5.10 Å². The number of nitrogens with zero attached hydrogens (tertiary/aromatic N) is 3. The summed E-state index contributed by atoms with van der Waals surface area (Å²) in [6, 6.07) is 5.11. The molecule has 6 heteroatoms. The van der Waals surface area contributed by atoms with Crippen LogP contribution in [0.4, 0.5) is 10.1 Å². The molecule has 1 aromatic heterocycles. The van der Waals surface area contributed by atoms with Gasteiger partial charge >= 0.3 is 0 Å². The molecule has 0 aliphatic heterocycles. The lowest BCUT2D eigenvalue weighted by molar-refractivity contribution is 0.184. The van der Waals surface area contributed by atoms with Crippen LogP contribution in [0.1, 0.15) is 13.3 Å². The maximum absolute atomic E-state index is 14.0. The summed E-state index contributed by atoms with van der Waals surface area (Å²) in [5, 5.41) is 7.14. The van der Waals surface area contributed by atoms with Crippen molar-refractivity contribution in [3.63, 3.8) is 0 Å². The average Bonchev–Trinajstić information content (AvgIpc) is 2.92. The molecule has 19 heavy (non-hydrogen) atoms. The Morgan fingerprint density at radius 2 is 2.32 bits per heavy atom. The van der Waals surface area contributed by atoms with Crippen molar-refractivity contribution in [2.45, 2.75) is 19.4 Å². The van der Waals surface area contributed by atoms with Crippen LogP contribution >= 0.6 is 0 Å². The van der Waals surface area contributed by atoms with Crippen molar-refractivity contribution in [3.8, 4) is 5.69 Å². The van der Waals surface area contributed by atoms with Crippen LogP contribution in [0.15, 0.2) is 30.9 Å². The summed E-state index contributed by atoms with van der Waals surface area (Å²) in [4.78, 5) is 3.80. The van der Waals surface area contributed by atoms with Crippen LogP contribution in [0.25, 0.3) is 5.69 Å². The van der Waals surface area contributed by atoms with Gasteiger partial charge in [-0.05, 0) is 24.6 Å². The first-order chi connectivity index (χ1) is 9.24. The van der Waals surface area contributed by atoms with Gasteiger partial charge in [-0.25, -0.2) is 14.1 Å². The summed E-state index contributed by atoms with van der Waals surface area (Å²) in [5.41, 5.74) is 1.10. The Hall–Kier alpha value is -1.95. The standard InChI is InChI=1S/C13H17FN4O/c1-3-10(7-19-2)17-11-4-5-13(12(14)6-11)18-9-15-8-16-18/h4-6,8-10,17H,3,7H2,1-2H3. The molecule has 0 radical (unpaired) electrons. The molecule has 0 bridgehead atoms.